The van der Waals surface area contributed by atoms with E-state index in [1.165, 1.54) is 119 Å². The molecule has 0 amide bonds. The molecule has 0 fully saturated rings. The second-order valence-corrected chi connectivity index (χ2v) is 18.4. The lowest BCUT2D eigenvalue weighted by Gasteiger charge is -2.43. The summed E-state index contributed by atoms with van der Waals surface area (Å²) in [4.78, 5) is 20.5. The molecule has 0 spiro atoms. The van der Waals surface area contributed by atoms with Crippen molar-refractivity contribution >= 4 is 8.60 Å². The zero-order valence-corrected chi connectivity index (χ0v) is 32.7. The van der Waals surface area contributed by atoms with Gasteiger partial charge in [0.2, 0.25) is 0 Å². The highest BCUT2D eigenvalue weighted by molar-refractivity contribution is 7.39. The van der Waals surface area contributed by atoms with Crippen LogP contribution in [0.4, 0.5) is 0 Å². The minimum Gasteiger partial charge on any atom is -0.426 e. The van der Waals surface area contributed by atoms with Crippen LogP contribution >= 0.6 is 8.60 Å². The molecule has 1 aromatic rings. The van der Waals surface area contributed by atoms with E-state index in [0.717, 1.165) is 24.2 Å². The maximum atomic E-state index is 10.2. The topological polar surface area (TPSA) is 49.7 Å². The maximum Gasteiger partial charge on any atom is 0.391 e. The van der Waals surface area contributed by atoms with Gasteiger partial charge in [-0.2, -0.15) is 0 Å². The van der Waals surface area contributed by atoms with Crippen LogP contribution in [0.3, 0.4) is 0 Å². The van der Waals surface area contributed by atoms with Crippen LogP contribution in [-0.2, 0) is 28.1 Å². The van der Waals surface area contributed by atoms with Gasteiger partial charge in [-0.3, -0.25) is 0 Å². The summed E-state index contributed by atoms with van der Waals surface area (Å²) in [6, 6.07) is 0. The highest BCUT2D eigenvalue weighted by atomic mass is 31.2. The average molecular weight is 635 g/mol. The Hall–Kier alpha value is -0.630. The third-order valence-corrected chi connectivity index (χ3v) is 9.35. The molecule has 44 heavy (non-hydrogen) atoms. The molecule has 0 aromatic heterocycles. The summed E-state index contributed by atoms with van der Waals surface area (Å²) in [6.45, 7) is 29.8. The minimum atomic E-state index is -2.53. The van der Waals surface area contributed by atoms with Crippen LogP contribution < -0.4 is 4.52 Å². The van der Waals surface area contributed by atoms with Gasteiger partial charge in [0.15, 0.2) is 0 Å². The molecule has 0 radical (unpaired) electrons. The van der Waals surface area contributed by atoms with E-state index in [2.05, 4.69) is 90.0 Å². The standard InChI is InChI=1S/C40H75O3P/c1-14-15-16-17-18-19-20-21-22-23-24-25-26-27-28-29-30-31-32(37(2,3)4)33(38(5,6)7)34(39(8,9)10)35(40(11,12)13)36(31)43-44(41)42/h41-42H,14-30H2,1-13H3. The van der Waals surface area contributed by atoms with Crippen molar-refractivity contribution in [2.75, 3.05) is 0 Å². The van der Waals surface area contributed by atoms with Crippen LogP contribution in [0.15, 0.2) is 0 Å². The second kappa shape index (κ2) is 18.6. The van der Waals surface area contributed by atoms with Gasteiger partial charge in [-0.1, -0.05) is 186 Å². The van der Waals surface area contributed by atoms with Crippen LogP contribution in [0, 0.1) is 0 Å². The van der Waals surface area contributed by atoms with E-state index in [1.807, 2.05) is 0 Å². The Bertz CT molecular complexity index is 952. The molecular weight excluding hydrogens is 559 g/mol. The quantitative estimate of drug-likeness (QED) is 0.118. The van der Waals surface area contributed by atoms with Crippen LogP contribution in [0.25, 0.3) is 0 Å². The molecule has 258 valence electrons. The Morgan fingerprint density at radius 3 is 1.02 bits per heavy atom. The smallest absolute Gasteiger partial charge is 0.391 e. The van der Waals surface area contributed by atoms with Gasteiger partial charge >= 0.3 is 8.60 Å². The Balaban J connectivity index is 3.05. The molecule has 0 heterocycles. The Labute approximate surface area is 276 Å². The summed E-state index contributed by atoms with van der Waals surface area (Å²) >= 11 is 0. The van der Waals surface area contributed by atoms with Crippen molar-refractivity contribution in [1.29, 1.82) is 0 Å². The van der Waals surface area contributed by atoms with E-state index in [0.29, 0.717) is 0 Å². The summed E-state index contributed by atoms with van der Waals surface area (Å²) in [5.74, 6) is 0.734. The normalized spacial score (nSPS) is 13.3. The first-order chi connectivity index (χ1) is 20.2. The van der Waals surface area contributed by atoms with E-state index in [9.17, 15) is 9.79 Å². The SMILES string of the molecule is CCCCCCCCCCCCCCCCCCc1c(OP(O)O)c(C(C)(C)C)c(C(C)(C)C)c(C(C)(C)C)c1C(C)(C)C. The zero-order valence-electron chi connectivity index (χ0n) is 31.8. The van der Waals surface area contributed by atoms with Crippen molar-refractivity contribution in [1.82, 2.24) is 0 Å². The predicted octanol–water partition coefficient (Wildman–Crippen LogP) is 13.3. The van der Waals surface area contributed by atoms with Crippen molar-refractivity contribution in [2.24, 2.45) is 0 Å². The summed E-state index contributed by atoms with van der Waals surface area (Å²) in [5, 5.41) is 0. The largest absolute Gasteiger partial charge is 0.426 e. The van der Waals surface area contributed by atoms with E-state index >= 15 is 0 Å². The summed E-state index contributed by atoms with van der Waals surface area (Å²) in [7, 11) is -2.53. The fourth-order valence-corrected chi connectivity index (χ4v) is 7.46. The molecule has 0 bridgehead atoms. The first-order valence-corrected chi connectivity index (χ1v) is 19.5. The first-order valence-electron chi connectivity index (χ1n) is 18.3. The molecular formula is C40H75O3P. The average Bonchev–Trinajstić information content (AvgIpc) is 2.85. The van der Waals surface area contributed by atoms with Crippen molar-refractivity contribution in [2.45, 2.75) is 221 Å². The van der Waals surface area contributed by atoms with Gasteiger partial charge in [0.05, 0.1) is 0 Å². The molecule has 0 saturated heterocycles. The zero-order chi connectivity index (χ0) is 33.8. The number of rotatable bonds is 19. The molecule has 0 aliphatic carbocycles. The van der Waals surface area contributed by atoms with Crippen LogP contribution in [0.1, 0.15) is 221 Å². The first kappa shape index (κ1) is 41.4. The second-order valence-electron chi connectivity index (χ2n) is 17.7. The lowest BCUT2D eigenvalue weighted by Crippen LogP contribution is -2.34. The molecule has 0 atom stereocenters. The van der Waals surface area contributed by atoms with Gasteiger partial charge in [-0.25, -0.2) is 0 Å². The molecule has 0 aliphatic heterocycles. The lowest BCUT2D eigenvalue weighted by molar-refractivity contribution is 0.362. The molecule has 2 N–H and O–H groups in total. The third kappa shape index (κ3) is 14.0. The third-order valence-electron chi connectivity index (χ3n) is 9.01. The summed E-state index contributed by atoms with van der Waals surface area (Å²) < 4.78 is 6.10. The highest BCUT2D eigenvalue weighted by Gasteiger charge is 2.41. The molecule has 0 unspecified atom stereocenters. The Morgan fingerprint density at radius 1 is 0.432 bits per heavy atom. The van der Waals surface area contributed by atoms with Gasteiger partial charge in [0.1, 0.15) is 5.75 Å². The summed E-state index contributed by atoms with van der Waals surface area (Å²) in [5.41, 5.74) is 5.87. The Kier molecular flexibility index (Phi) is 17.5. The molecule has 3 nitrogen and oxygen atoms in total. The van der Waals surface area contributed by atoms with E-state index in [1.54, 1.807) is 0 Å². The lowest BCUT2D eigenvalue weighted by atomic mass is 9.62. The van der Waals surface area contributed by atoms with Crippen molar-refractivity contribution in [3.05, 3.63) is 27.8 Å². The number of unbranched alkanes of at least 4 members (excludes halogenated alkanes) is 15. The predicted molar refractivity (Wildman–Crippen MR) is 196 cm³/mol. The van der Waals surface area contributed by atoms with Crippen molar-refractivity contribution in [3.63, 3.8) is 0 Å². The molecule has 4 heteroatoms. The number of benzene rings is 1. The van der Waals surface area contributed by atoms with Gasteiger partial charge in [0, 0.05) is 5.56 Å². The maximum absolute atomic E-state index is 10.2. The fourth-order valence-electron chi connectivity index (χ4n) is 7.09. The van der Waals surface area contributed by atoms with Crippen LogP contribution in [0.5, 0.6) is 5.75 Å². The van der Waals surface area contributed by atoms with Gasteiger partial charge in [-0.15, -0.1) is 0 Å². The van der Waals surface area contributed by atoms with Crippen LogP contribution in [-0.4, -0.2) is 9.79 Å². The van der Waals surface area contributed by atoms with E-state index in [4.69, 9.17) is 4.52 Å². The molecule has 0 saturated carbocycles. The van der Waals surface area contributed by atoms with E-state index < -0.39 is 8.60 Å². The van der Waals surface area contributed by atoms with Gasteiger partial charge in [-0.05, 0) is 56.8 Å². The van der Waals surface area contributed by atoms with Crippen molar-refractivity contribution in [3.8, 4) is 5.75 Å². The molecule has 1 aromatic carbocycles. The molecule has 1 rings (SSSR count). The van der Waals surface area contributed by atoms with Crippen LogP contribution in [0.2, 0.25) is 0 Å². The van der Waals surface area contributed by atoms with Crippen molar-refractivity contribution < 1.29 is 14.3 Å². The number of hydrogen-bond acceptors (Lipinski definition) is 3. The van der Waals surface area contributed by atoms with Gasteiger partial charge in [0.25, 0.3) is 0 Å². The summed E-state index contributed by atoms with van der Waals surface area (Å²) in [6.07, 6.45) is 22.6. The minimum absolute atomic E-state index is 0.0731. The Morgan fingerprint density at radius 2 is 0.727 bits per heavy atom. The van der Waals surface area contributed by atoms with E-state index in [-0.39, 0.29) is 21.7 Å². The highest BCUT2D eigenvalue weighted by Crippen LogP contribution is 2.53. The molecule has 0 aliphatic rings. The monoisotopic (exact) mass is 635 g/mol. The number of hydrogen-bond donors (Lipinski definition) is 2. The van der Waals surface area contributed by atoms with Gasteiger partial charge < -0.3 is 14.3 Å². The fraction of sp³-hybridized carbons (Fsp3) is 0.850.